The van der Waals surface area contributed by atoms with E-state index in [1.807, 2.05) is 62.4 Å². The highest BCUT2D eigenvalue weighted by atomic mass is 16.5. The fourth-order valence-corrected chi connectivity index (χ4v) is 4.29. The van der Waals surface area contributed by atoms with Crippen molar-refractivity contribution in [1.29, 1.82) is 0 Å². The molecule has 2 aromatic carbocycles. The van der Waals surface area contributed by atoms with E-state index in [-0.39, 0.29) is 24.5 Å². The highest BCUT2D eigenvalue weighted by Gasteiger charge is 2.30. The molecular weight excluding hydrogens is 416 g/mol. The van der Waals surface area contributed by atoms with Crippen molar-refractivity contribution in [2.24, 2.45) is 0 Å². The quantitative estimate of drug-likeness (QED) is 0.570. The van der Waals surface area contributed by atoms with Gasteiger partial charge in [0.25, 0.3) is 5.91 Å². The number of amides is 2. The van der Waals surface area contributed by atoms with Gasteiger partial charge in [-0.05, 0) is 56.0 Å². The number of ether oxygens (including phenoxy) is 2. The molecule has 2 amide bonds. The molecule has 0 unspecified atom stereocenters. The number of hydrogen-bond acceptors (Lipinski definition) is 4. The Hall–Kier alpha value is -3.02. The van der Waals surface area contributed by atoms with Crippen molar-refractivity contribution in [2.75, 3.05) is 13.7 Å². The van der Waals surface area contributed by atoms with E-state index in [9.17, 15) is 9.59 Å². The average molecular weight is 453 g/mol. The first-order chi connectivity index (χ1) is 16.0. The van der Waals surface area contributed by atoms with Crippen LogP contribution >= 0.6 is 0 Å². The molecule has 0 aromatic heterocycles. The number of carbonyl (C=O) groups is 2. The summed E-state index contributed by atoms with van der Waals surface area (Å²) in [5.74, 6) is 1.05. The van der Waals surface area contributed by atoms with E-state index in [4.69, 9.17) is 9.47 Å². The Balaban J connectivity index is 1.76. The fraction of sp³-hybridized carbons (Fsp3) is 0.481. The van der Waals surface area contributed by atoms with Gasteiger partial charge in [-0.2, -0.15) is 0 Å². The summed E-state index contributed by atoms with van der Waals surface area (Å²) in [7, 11) is 1.61. The van der Waals surface area contributed by atoms with E-state index in [0.29, 0.717) is 18.7 Å². The Morgan fingerprint density at radius 1 is 1.06 bits per heavy atom. The molecule has 3 rings (SSSR count). The molecule has 6 heteroatoms. The van der Waals surface area contributed by atoms with Gasteiger partial charge in [0.05, 0.1) is 7.11 Å². The zero-order valence-electron chi connectivity index (χ0n) is 20.0. The molecule has 1 N–H and O–H groups in total. The Labute approximate surface area is 197 Å². The van der Waals surface area contributed by atoms with Gasteiger partial charge in [0.15, 0.2) is 6.61 Å². The lowest BCUT2D eigenvalue weighted by Gasteiger charge is -2.32. The SMILES string of the molecule is CC[C@H](C(=O)NC1CCCCC1)N(Cc1cccc(OC)c1)C(=O)COc1ccc(C)cc1. The summed E-state index contributed by atoms with van der Waals surface area (Å²) < 4.78 is 11.1. The standard InChI is InChI=1S/C27H36N2O4/c1-4-25(27(31)28-22-10-6-5-7-11-22)29(18-21-9-8-12-24(17-21)32-3)26(30)19-33-23-15-13-20(2)14-16-23/h8-9,12-17,22,25H,4-7,10-11,18-19H2,1-3H3,(H,28,31)/t25-/m1/s1. The molecule has 0 heterocycles. The summed E-state index contributed by atoms with van der Waals surface area (Å²) in [6, 6.07) is 14.8. The maximum atomic E-state index is 13.3. The lowest BCUT2D eigenvalue weighted by atomic mass is 9.95. The second kappa shape index (κ2) is 12.3. The zero-order chi connectivity index (χ0) is 23.6. The van der Waals surface area contributed by atoms with Gasteiger partial charge in [-0.25, -0.2) is 0 Å². The van der Waals surface area contributed by atoms with Gasteiger partial charge in [-0.3, -0.25) is 9.59 Å². The van der Waals surface area contributed by atoms with Crippen LogP contribution in [0.1, 0.15) is 56.6 Å². The molecule has 0 bridgehead atoms. The monoisotopic (exact) mass is 452 g/mol. The highest BCUT2D eigenvalue weighted by Crippen LogP contribution is 2.20. The Bertz CT molecular complexity index is 907. The predicted molar refractivity (Wildman–Crippen MR) is 129 cm³/mol. The minimum Gasteiger partial charge on any atom is -0.497 e. The van der Waals surface area contributed by atoms with E-state index in [0.717, 1.165) is 42.6 Å². The number of hydrogen-bond donors (Lipinski definition) is 1. The molecule has 1 aliphatic carbocycles. The number of methoxy groups -OCH3 is 1. The van der Waals surface area contributed by atoms with Crippen molar-refractivity contribution < 1.29 is 19.1 Å². The van der Waals surface area contributed by atoms with Gasteiger partial charge in [-0.15, -0.1) is 0 Å². The molecule has 0 radical (unpaired) electrons. The zero-order valence-corrected chi connectivity index (χ0v) is 20.0. The van der Waals surface area contributed by atoms with Crippen molar-refractivity contribution >= 4 is 11.8 Å². The number of rotatable bonds is 10. The van der Waals surface area contributed by atoms with Gasteiger partial charge in [-0.1, -0.05) is 56.0 Å². The molecule has 2 aromatic rings. The van der Waals surface area contributed by atoms with Crippen molar-refractivity contribution in [3.8, 4) is 11.5 Å². The third-order valence-electron chi connectivity index (χ3n) is 6.21. The first kappa shape index (κ1) is 24.6. The van der Waals surface area contributed by atoms with Gasteiger partial charge in [0.1, 0.15) is 17.5 Å². The van der Waals surface area contributed by atoms with E-state index in [1.54, 1.807) is 12.0 Å². The van der Waals surface area contributed by atoms with E-state index >= 15 is 0 Å². The van der Waals surface area contributed by atoms with Crippen molar-refractivity contribution in [3.63, 3.8) is 0 Å². The Morgan fingerprint density at radius 3 is 2.45 bits per heavy atom. The minimum absolute atomic E-state index is 0.0871. The summed E-state index contributed by atoms with van der Waals surface area (Å²) in [6.07, 6.45) is 6.03. The fourth-order valence-electron chi connectivity index (χ4n) is 4.29. The molecule has 1 atom stereocenters. The molecule has 0 aliphatic heterocycles. The first-order valence-corrected chi connectivity index (χ1v) is 11.9. The van der Waals surface area contributed by atoms with Crippen LogP contribution in [0.4, 0.5) is 0 Å². The second-order valence-corrected chi connectivity index (χ2v) is 8.74. The maximum Gasteiger partial charge on any atom is 0.261 e. The molecule has 6 nitrogen and oxygen atoms in total. The summed E-state index contributed by atoms with van der Waals surface area (Å²) in [4.78, 5) is 28.2. The van der Waals surface area contributed by atoms with Crippen LogP contribution < -0.4 is 14.8 Å². The summed E-state index contributed by atoms with van der Waals surface area (Å²) in [5.41, 5.74) is 2.03. The van der Waals surface area contributed by atoms with E-state index in [1.165, 1.54) is 6.42 Å². The van der Waals surface area contributed by atoms with Gasteiger partial charge in [0.2, 0.25) is 5.91 Å². The highest BCUT2D eigenvalue weighted by molar-refractivity contribution is 5.88. The smallest absolute Gasteiger partial charge is 0.261 e. The maximum absolute atomic E-state index is 13.3. The summed E-state index contributed by atoms with van der Waals surface area (Å²) >= 11 is 0. The molecule has 0 spiro atoms. The molecule has 1 saturated carbocycles. The summed E-state index contributed by atoms with van der Waals surface area (Å²) in [5, 5.41) is 3.20. The predicted octanol–water partition coefficient (Wildman–Crippen LogP) is 4.64. The second-order valence-electron chi connectivity index (χ2n) is 8.74. The van der Waals surface area contributed by atoms with Crippen LogP contribution in [0, 0.1) is 6.92 Å². The molecule has 178 valence electrons. The normalized spacial score (nSPS) is 14.9. The van der Waals surface area contributed by atoms with Crippen molar-refractivity contribution in [2.45, 2.75) is 71.0 Å². The van der Waals surface area contributed by atoms with Gasteiger partial charge < -0.3 is 19.7 Å². The third-order valence-corrected chi connectivity index (χ3v) is 6.21. The number of benzene rings is 2. The molecule has 1 fully saturated rings. The van der Waals surface area contributed by atoms with Crippen LogP contribution in [-0.2, 0) is 16.1 Å². The van der Waals surface area contributed by atoms with Crippen LogP contribution in [0.5, 0.6) is 11.5 Å². The summed E-state index contributed by atoms with van der Waals surface area (Å²) in [6.45, 7) is 4.13. The lowest BCUT2D eigenvalue weighted by molar-refractivity contribution is -0.143. The number of nitrogens with zero attached hydrogens (tertiary/aromatic N) is 1. The number of nitrogens with one attached hydrogen (secondary N) is 1. The largest absolute Gasteiger partial charge is 0.497 e. The van der Waals surface area contributed by atoms with Crippen LogP contribution in [0.25, 0.3) is 0 Å². The number of aryl methyl sites for hydroxylation is 1. The molecule has 0 saturated heterocycles. The number of carbonyl (C=O) groups excluding carboxylic acids is 2. The topological polar surface area (TPSA) is 67.9 Å². The van der Waals surface area contributed by atoms with Crippen LogP contribution in [-0.4, -0.2) is 42.5 Å². The molecular formula is C27H36N2O4. The lowest BCUT2D eigenvalue weighted by Crippen LogP contribution is -2.52. The van der Waals surface area contributed by atoms with Crippen LogP contribution in [0.15, 0.2) is 48.5 Å². The van der Waals surface area contributed by atoms with Gasteiger partial charge >= 0.3 is 0 Å². The van der Waals surface area contributed by atoms with Crippen molar-refractivity contribution in [1.82, 2.24) is 10.2 Å². The first-order valence-electron chi connectivity index (χ1n) is 11.9. The molecule has 33 heavy (non-hydrogen) atoms. The minimum atomic E-state index is -0.563. The van der Waals surface area contributed by atoms with Gasteiger partial charge in [0, 0.05) is 12.6 Å². The molecule has 1 aliphatic rings. The van der Waals surface area contributed by atoms with Crippen LogP contribution in [0.3, 0.4) is 0 Å². The van der Waals surface area contributed by atoms with Crippen molar-refractivity contribution in [3.05, 3.63) is 59.7 Å². The Kier molecular flexibility index (Phi) is 9.16. The Morgan fingerprint density at radius 2 is 1.79 bits per heavy atom. The average Bonchev–Trinajstić information content (AvgIpc) is 2.84. The third kappa shape index (κ3) is 7.24. The van der Waals surface area contributed by atoms with E-state index < -0.39 is 6.04 Å². The van der Waals surface area contributed by atoms with Crippen LogP contribution in [0.2, 0.25) is 0 Å². The van der Waals surface area contributed by atoms with E-state index in [2.05, 4.69) is 5.32 Å².